The summed E-state index contributed by atoms with van der Waals surface area (Å²) in [4.78, 5) is 13.4. The summed E-state index contributed by atoms with van der Waals surface area (Å²) in [6.45, 7) is 6.15. The van der Waals surface area contributed by atoms with Gasteiger partial charge in [-0.05, 0) is 25.2 Å². The Balaban J connectivity index is 1.52. The number of hydrogen-bond acceptors (Lipinski definition) is 4. The largest absolute Gasteiger partial charge is 0.379 e. The van der Waals surface area contributed by atoms with Gasteiger partial charge in [0.25, 0.3) is 0 Å². The van der Waals surface area contributed by atoms with E-state index in [4.69, 9.17) is 4.74 Å². The second-order valence-corrected chi connectivity index (χ2v) is 6.45. The van der Waals surface area contributed by atoms with E-state index in [1.807, 2.05) is 4.90 Å². The Hall–Kier alpha value is -0.650. The van der Waals surface area contributed by atoms with Crippen molar-refractivity contribution in [1.82, 2.24) is 15.5 Å². The summed E-state index contributed by atoms with van der Waals surface area (Å²) >= 11 is 0. The van der Waals surface area contributed by atoms with Crippen molar-refractivity contribution in [2.75, 3.05) is 32.8 Å². The lowest BCUT2D eigenvalue weighted by atomic mass is 9.93. The molecule has 0 bridgehead atoms. The van der Waals surface area contributed by atoms with E-state index in [9.17, 15) is 4.79 Å². The minimum absolute atomic E-state index is 0.208. The second kappa shape index (κ2) is 6.41. The highest BCUT2D eigenvalue weighted by Crippen LogP contribution is 2.30. The molecule has 114 valence electrons. The molecule has 2 N–H and O–H groups in total. The van der Waals surface area contributed by atoms with Gasteiger partial charge in [-0.2, -0.15) is 0 Å². The summed E-state index contributed by atoms with van der Waals surface area (Å²) in [7, 11) is 0. The van der Waals surface area contributed by atoms with E-state index in [1.54, 1.807) is 6.92 Å². The zero-order valence-corrected chi connectivity index (χ0v) is 12.4. The number of carbonyl (C=O) groups is 1. The van der Waals surface area contributed by atoms with Crippen molar-refractivity contribution in [3.8, 4) is 0 Å². The zero-order valence-electron chi connectivity index (χ0n) is 12.4. The third-order valence-electron chi connectivity index (χ3n) is 5.12. The van der Waals surface area contributed by atoms with Gasteiger partial charge in [-0.25, -0.2) is 0 Å². The number of rotatable bonds is 3. The standard InChI is InChI=1S/C15H27N3O2/c1-11(19)18-7-5-12(9-18)17-14-4-2-3-13(14)15-10-20-8-6-16-15/h12-17H,2-10H2,1H3. The van der Waals surface area contributed by atoms with Crippen LogP contribution in [0.25, 0.3) is 0 Å². The monoisotopic (exact) mass is 281 g/mol. The molecule has 4 unspecified atom stereocenters. The highest BCUT2D eigenvalue weighted by atomic mass is 16.5. The molecule has 0 aromatic heterocycles. The first-order valence-corrected chi connectivity index (χ1v) is 8.07. The van der Waals surface area contributed by atoms with Crippen molar-refractivity contribution in [2.24, 2.45) is 5.92 Å². The molecule has 0 aromatic carbocycles. The zero-order chi connectivity index (χ0) is 13.9. The van der Waals surface area contributed by atoms with Crippen molar-refractivity contribution in [1.29, 1.82) is 0 Å². The highest BCUT2D eigenvalue weighted by Gasteiger charge is 2.36. The van der Waals surface area contributed by atoms with Crippen LogP contribution in [0.4, 0.5) is 0 Å². The molecule has 3 fully saturated rings. The molecule has 2 saturated heterocycles. The minimum atomic E-state index is 0.208. The van der Waals surface area contributed by atoms with Crippen LogP contribution in [0.15, 0.2) is 0 Å². The molecule has 0 radical (unpaired) electrons. The lowest BCUT2D eigenvalue weighted by Gasteiger charge is -2.34. The third-order valence-corrected chi connectivity index (χ3v) is 5.12. The molecule has 0 spiro atoms. The Morgan fingerprint density at radius 3 is 2.95 bits per heavy atom. The fourth-order valence-electron chi connectivity index (χ4n) is 4.02. The average molecular weight is 281 g/mol. The summed E-state index contributed by atoms with van der Waals surface area (Å²) < 4.78 is 5.62. The van der Waals surface area contributed by atoms with Crippen LogP contribution in [0.1, 0.15) is 32.6 Å². The number of likely N-dealkylation sites (tertiary alicyclic amines) is 1. The molecule has 0 aromatic rings. The first kappa shape index (κ1) is 14.3. The Labute approximate surface area is 121 Å². The molecule has 2 aliphatic heterocycles. The van der Waals surface area contributed by atoms with Crippen LogP contribution in [0.5, 0.6) is 0 Å². The Bertz CT molecular complexity index is 344. The van der Waals surface area contributed by atoms with Gasteiger partial charge in [0.05, 0.1) is 13.2 Å². The minimum Gasteiger partial charge on any atom is -0.379 e. The van der Waals surface area contributed by atoms with E-state index in [0.29, 0.717) is 24.0 Å². The summed E-state index contributed by atoms with van der Waals surface area (Å²) in [5, 5.41) is 7.43. The van der Waals surface area contributed by atoms with E-state index >= 15 is 0 Å². The fourth-order valence-corrected chi connectivity index (χ4v) is 4.02. The molecule has 5 nitrogen and oxygen atoms in total. The number of carbonyl (C=O) groups excluding carboxylic acids is 1. The SMILES string of the molecule is CC(=O)N1CCC(NC2CCCC2C2COCCN2)C1. The predicted molar refractivity (Wildman–Crippen MR) is 77.5 cm³/mol. The topological polar surface area (TPSA) is 53.6 Å². The molecule has 1 saturated carbocycles. The van der Waals surface area contributed by atoms with E-state index in [1.165, 1.54) is 19.3 Å². The lowest BCUT2D eigenvalue weighted by molar-refractivity contribution is -0.127. The smallest absolute Gasteiger partial charge is 0.219 e. The molecule has 1 amide bonds. The van der Waals surface area contributed by atoms with Crippen molar-refractivity contribution in [3.05, 3.63) is 0 Å². The summed E-state index contributed by atoms with van der Waals surface area (Å²) in [6, 6.07) is 1.58. The number of morpholine rings is 1. The molecule has 3 rings (SSSR count). The van der Waals surface area contributed by atoms with E-state index < -0.39 is 0 Å². The van der Waals surface area contributed by atoms with E-state index in [0.717, 1.165) is 39.3 Å². The molecule has 5 heteroatoms. The molecule has 2 heterocycles. The summed E-state index contributed by atoms with van der Waals surface area (Å²) in [6.07, 6.45) is 4.96. The Kier molecular flexibility index (Phi) is 4.58. The van der Waals surface area contributed by atoms with Crippen LogP contribution in [-0.2, 0) is 9.53 Å². The number of ether oxygens (including phenoxy) is 1. The quantitative estimate of drug-likeness (QED) is 0.784. The van der Waals surface area contributed by atoms with Crippen LogP contribution in [0.3, 0.4) is 0 Å². The Morgan fingerprint density at radius 1 is 1.35 bits per heavy atom. The van der Waals surface area contributed by atoms with Gasteiger partial charge in [0, 0.05) is 44.7 Å². The van der Waals surface area contributed by atoms with Crippen molar-refractivity contribution in [3.63, 3.8) is 0 Å². The van der Waals surface area contributed by atoms with Crippen LogP contribution in [-0.4, -0.2) is 61.8 Å². The van der Waals surface area contributed by atoms with Crippen LogP contribution in [0, 0.1) is 5.92 Å². The predicted octanol–water partition coefficient (Wildman–Crippen LogP) is 0.354. The van der Waals surface area contributed by atoms with Crippen molar-refractivity contribution < 1.29 is 9.53 Å². The maximum atomic E-state index is 11.4. The average Bonchev–Trinajstić information content (AvgIpc) is 3.09. The maximum Gasteiger partial charge on any atom is 0.219 e. The fraction of sp³-hybridized carbons (Fsp3) is 0.933. The number of nitrogens with zero attached hydrogens (tertiary/aromatic N) is 1. The van der Waals surface area contributed by atoms with Gasteiger partial charge in [0.15, 0.2) is 0 Å². The summed E-state index contributed by atoms with van der Waals surface area (Å²) in [5.41, 5.74) is 0. The molecule has 3 aliphatic rings. The van der Waals surface area contributed by atoms with Crippen LogP contribution in [0.2, 0.25) is 0 Å². The normalized spacial score (nSPS) is 38.4. The van der Waals surface area contributed by atoms with Crippen molar-refractivity contribution in [2.45, 2.75) is 50.7 Å². The van der Waals surface area contributed by atoms with Gasteiger partial charge in [0.1, 0.15) is 0 Å². The van der Waals surface area contributed by atoms with Crippen molar-refractivity contribution >= 4 is 5.91 Å². The number of nitrogens with one attached hydrogen (secondary N) is 2. The van der Waals surface area contributed by atoms with Gasteiger partial charge in [-0.1, -0.05) is 6.42 Å². The van der Waals surface area contributed by atoms with Crippen LogP contribution >= 0.6 is 0 Å². The van der Waals surface area contributed by atoms with Gasteiger partial charge in [-0.3, -0.25) is 4.79 Å². The molecular formula is C15H27N3O2. The van der Waals surface area contributed by atoms with Crippen LogP contribution < -0.4 is 10.6 Å². The van der Waals surface area contributed by atoms with Gasteiger partial charge >= 0.3 is 0 Å². The molecule has 4 atom stereocenters. The highest BCUT2D eigenvalue weighted by molar-refractivity contribution is 5.73. The third kappa shape index (κ3) is 3.15. The molecule has 1 aliphatic carbocycles. The second-order valence-electron chi connectivity index (χ2n) is 6.45. The van der Waals surface area contributed by atoms with Gasteiger partial charge < -0.3 is 20.3 Å². The van der Waals surface area contributed by atoms with Gasteiger partial charge in [-0.15, -0.1) is 0 Å². The first-order chi connectivity index (χ1) is 9.74. The number of hydrogen-bond donors (Lipinski definition) is 2. The van der Waals surface area contributed by atoms with E-state index in [-0.39, 0.29) is 5.91 Å². The van der Waals surface area contributed by atoms with E-state index in [2.05, 4.69) is 10.6 Å². The molecular weight excluding hydrogens is 254 g/mol. The number of amides is 1. The Morgan fingerprint density at radius 2 is 2.25 bits per heavy atom. The first-order valence-electron chi connectivity index (χ1n) is 8.07. The lowest BCUT2D eigenvalue weighted by Crippen LogP contribution is -2.52. The molecule has 20 heavy (non-hydrogen) atoms. The van der Waals surface area contributed by atoms with Gasteiger partial charge in [0.2, 0.25) is 5.91 Å². The summed E-state index contributed by atoms with van der Waals surface area (Å²) in [5.74, 6) is 0.890. The maximum absolute atomic E-state index is 11.4.